The van der Waals surface area contributed by atoms with Gasteiger partial charge in [0.15, 0.2) is 0 Å². The minimum Gasteiger partial charge on any atom is -0.339 e. The van der Waals surface area contributed by atoms with Crippen molar-refractivity contribution in [3.63, 3.8) is 0 Å². The third kappa shape index (κ3) is 3.02. The molecule has 1 aliphatic heterocycles. The van der Waals surface area contributed by atoms with Crippen molar-refractivity contribution in [3.8, 4) is 0 Å². The van der Waals surface area contributed by atoms with Crippen molar-refractivity contribution < 1.29 is 4.79 Å². The summed E-state index contributed by atoms with van der Waals surface area (Å²) < 4.78 is 0. The Labute approximate surface area is 121 Å². The van der Waals surface area contributed by atoms with Gasteiger partial charge in [0, 0.05) is 31.4 Å². The summed E-state index contributed by atoms with van der Waals surface area (Å²) in [5, 5.41) is 0. The highest BCUT2D eigenvalue weighted by molar-refractivity contribution is 5.77. The highest BCUT2D eigenvalue weighted by atomic mass is 16.2. The lowest BCUT2D eigenvalue weighted by molar-refractivity contribution is -0.137. The molecule has 0 bridgehead atoms. The summed E-state index contributed by atoms with van der Waals surface area (Å²) in [7, 11) is 0. The molecular formula is C17H24N2O. The molecule has 3 rings (SSSR count). The highest BCUT2D eigenvalue weighted by Gasteiger charge is 2.35. The van der Waals surface area contributed by atoms with Gasteiger partial charge >= 0.3 is 0 Å². The molecule has 1 atom stereocenters. The maximum absolute atomic E-state index is 12.5. The van der Waals surface area contributed by atoms with Crippen molar-refractivity contribution in [1.29, 1.82) is 0 Å². The van der Waals surface area contributed by atoms with Crippen LogP contribution in [0, 0.1) is 5.92 Å². The fourth-order valence-electron chi connectivity index (χ4n) is 3.53. The molecule has 0 spiro atoms. The number of hydrogen-bond donors (Lipinski definition) is 0. The number of carbonyl (C=O) groups excluding carboxylic acids is 1. The summed E-state index contributed by atoms with van der Waals surface area (Å²) in [5.74, 6) is 1.15. The van der Waals surface area contributed by atoms with E-state index in [4.69, 9.17) is 0 Å². The number of carbonyl (C=O) groups is 1. The Hall–Kier alpha value is -1.38. The van der Waals surface area contributed by atoms with E-state index >= 15 is 0 Å². The van der Waals surface area contributed by atoms with E-state index in [1.807, 2.05) is 12.1 Å². The maximum Gasteiger partial charge on any atom is 0.223 e. The van der Waals surface area contributed by atoms with Gasteiger partial charge in [-0.25, -0.2) is 0 Å². The van der Waals surface area contributed by atoms with Crippen molar-refractivity contribution in [1.82, 2.24) is 9.88 Å². The third-order valence-electron chi connectivity index (χ3n) is 4.94. The quantitative estimate of drug-likeness (QED) is 0.843. The van der Waals surface area contributed by atoms with Gasteiger partial charge in [-0.2, -0.15) is 0 Å². The molecule has 1 aromatic heterocycles. The summed E-state index contributed by atoms with van der Waals surface area (Å²) in [5.41, 5.74) is 1.21. The van der Waals surface area contributed by atoms with Gasteiger partial charge in [-0.1, -0.05) is 6.42 Å². The number of pyridine rings is 1. The summed E-state index contributed by atoms with van der Waals surface area (Å²) >= 11 is 0. The lowest BCUT2D eigenvalue weighted by atomic mass is 9.76. The van der Waals surface area contributed by atoms with E-state index in [0.717, 1.165) is 18.9 Å². The number of rotatable bonds is 4. The lowest BCUT2D eigenvalue weighted by Gasteiger charge is -2.44. The Balaban J connectivity index is 1.57. The molecular weight excluding hydrogens is 248 g/mol. The number of aromatic nitrogens is 1. The smallest absolute Gasteiger partial charge is 0.223 e. The molecule has 0 N–H and O–H groups in total. The molecule has 2 fully saturated rings. The van der Waals surface area contributed by atoms with Crippen LogP contribution in [0.5, 0.6) is 0 Å². The molecule has 2 aliphatic rings. The zero-order chi connectivity index (χ0) is 13.8. The van der Waals surface area contributed by atoms with E-state index in [0.29, 0.717) is 18.4 Å². The zero-order valence-electron chi connectivity index (χ0n) is 12.1. The standard InChI is InChI=1S/C17H24N2O/c20-17(8-7-14-9-11-18-12-10-14)19-13-2-1-6-16(19)15-4-3-5-15/h9-12,15-16H,1-8,13H2. The van der Waals surface area contributed by atoms with Crippen LogP contribution in [-0.4, -0.2) is 28.4 Å². The predicted molar refractivity (Wildman–Crippen MR) is 79.3 cm³/mol. The normalized spacial score (nSPS) is 23.4. The average Bonchev–Trinajstić information content (AvgIpc) is 2.45. The highest BCUT2D eigenvalue weighted by Crippen LogP contribution is 2.36. The molecule has 1 aliphatic carbocycles. The summed E-state index contributed by atoms with van der Waals surface area (Å²) in [4.78, 5) is 18.8. The molecule has 1 saturated heterocycles. The Morgan fingerprint density at radius 2 is 1.95 bits per heavy atom. The second-order valence-electron chi connectivity index (χ2n) is 6.20. The van der Waals surface area contributed by atoms with E-state index in [1.165, 1.54) is 44.1 Å². The second-order valence-corrected chi connectivity index (χ2v) is 6.20. The number of likely N-dealkylation sites (tertiary alicyclic amines) is 1. The van der Waals surface area contributed by atoms with Crippen LogP contribution in [-0.2, 0) is 11.2 Å². The zero-order valence-corrected chi connectivity index (χ0v) is 12.1. The first-order chi connectivity index (χ1) is 9.84. The molecule has 1 aromatic rings. The van der Waals surface area contributed by atoms with Crippen molar-refractivity contribution in [2.24, 2.45) is 5.92 Å². The minimum atomic E-state index is 0.360. The van der Waals surface area contributed by atoms with Gasteiger partial charge in [-0.05, 0) is 62.1 Å². The largest absolute Gasteiger partial charge is 0.339 e. The van der Waals surface area contributed by atoms with E-state index in [9.17, 15) is 4.79 Å². The SMILES string of the molecule is O=C(CCc1ccncc1)N1CCCCC1C1CCC1. The van der Waals surface area contributed by atoms with E-state index in [2.05, 4.69) is 9.88 Å². The summed E-state index contributed by atoms with van der Waals surface area (Å²) in [6.45, 7) is 0.982. The Morgan fingerprint density at radius 3 is 2.65 bits per heavy atom. The number of amides is 1. The molecule has 1 unspecified atom stereocenters. The van der Waals surface area contributed by atoms with Gasteiger partial charge in [0.2, 0.25) is 5.91 Å². The Kier molecular flexibility index (Phi) is 4.34. The molecule has 3 heteroatoms. The van der Waals surface area contributed by atoms with Crippen LogP contribution in [0.25, 0.3) is 0 Å². The van der Waals surface area contributed by atoms with E-state index in [-0.39, 0.29) is 0 Å². The van der Waals surface area contributed by atoms with Crippen LogP contribution in [0.2, 0.25) is 0 Å². The molecule has 0 radical (unpaired) electrons. The van der Waals surface area contributed by atoms with E-state index in [1.54, 1.807) is 12.4 Å². The lowest BCUT2D eigenvalue weighted by Crippen LogP contribution is -2.49. The van der Waals surface area contributed by atoms with Crippen molar-refractivity contribution in [2.75, 3.05) is 6.54 Å². The molecule has 1 amide bonds. The van der Waals surface area contributed by atoms with Gasteiger partial charge in [0.25, 0.3) is 0 Å². The number of nitrogens with zero attached hydrogens (tertiary/aromatic N) is 2. The fraction of sp³-hybridized carbons (Fsp3) is 0.647. The second kappa shape index (κ2) is 6.38. The van der Waals surface area contributed by atoms with Gasteiger partial charge < -0.3 is 4.90 Å². The van der Waals surface area contributed by atoms with Gasteiger partial charge in [0.1, 0.15) is 0 Å². The third-order valence-corrected chi connectivity index (χ3v) is 4.94. The van der Waals surface area contributed by atoms with Gasteiger partial charge in [-0.15, -0.1) is 0 Å². The first-order valence-corrected chi connectivity index (χ1v) is 8.03. The summed E-state index contributed by atoms with van der Waals surface area (Å²) in [6.07, 6.45) is 12.8. The minimum absolute atomic E-state index is 0.360. The number of aryl methyl sites for hydroxylation is 1. The molecule has 1 saturated carbocycles. The first-order valence-electron chi connectivity index (χ1n) is 8.03. The molecule has 3 nitrogen and oxygen atoms in total. The van der Waals surface area contributed by atoms with E-state index < -0.39 is 0 Å². The average molecular weight is 272 g/mol. The molecule has 2 heterocycles. The maximum atomic E-state index is 12.5. The predicted octanol–water partition coefficient (Wildman–Crippen LogP) is 3.20. The fourth-order valence-corrected chi connectivity index (χ4v) is 3.53. The van der Waals surface area contributed by atoms with Crippen LogP contribution >= 0.6 is 0 Å². The monoisotopic (exact) mass is 272 g/mol. The molecule has 20 heavy (non-hydrogen) atoms. The van der Waals surface area contributed by atoms with Crippen LogP contribution < -0.4 is 0 Å². The van der Waals surface area contributed by atoms with Gasteiger partial charge in [0.05, 0.1) is 0 Å². The van der Waals surface area contributed by atoms with Crippen LogP contribution in [0.4, 0.5) is 0 Å². The van der Waals surface area contributed by atoms with Crippen molar-refractivity contribution >= 4 is 5.91 Å². The van der Waals surface area contributed by atoms with Gasteiger partial charge in [-0.3, -0.25) is 9.78 Å². The number of piperidine rings is 1. The summed E-state index contributed by atoms with van der Waals surface area (Å²) in [6, 6.07) is 4.56. The Bertz CT molecular complexity index is 442. The number of hydrogen-bond acceptors (Lipinski definition) is 2. The van der Waals surface area contributed by atoms with Crippen LogP contribution in [0.1, 0.15) is 50.5 Å². The Morgan fingerprint density at radius 1 is 1.15 bits per heavy atom. The molecule has 108 valence electrons. The van der Waals surface area contributed by atoms with Crippen molar-refractivity contribution in [3.05, 3.63) is 30.1 Å². The first kappa shape index (κ1) is 13.6. The van der Waals surface area contributed by atoms with Crippen LogP contribution in [0.3, 0.4) is 0 Å². The topological polar surface area (TPSA) is 33.2 Å². The van der Waals surface area contributed by atoms with Crippen molar-refractivity contribution in [2.45, 2.75) is 57.4 Å². The molecule has 0 aromatic carbocycles. The van der Waals surface area contributed by atoms with Crippen LogP contribution in [0.15, 0.2) is 24.5 Å².